The molecule has 3 rings (SSSR count). The zero-order valence-electron chi connectivity index (χ0n) is 16.4. The Morgan fingerprint density at radius 2 is 1.58 bits per heavy atom. The summed E-state index contributed by atoms with van der Waals surface area (Å²) in [6.07, 6.45) is 1.08. The van der Waals surface area contributed by atoms with Gasteiger partial charge in [0.2, 0.25) is 0 Å². The predicted molar refractivity (Wildman–Crippen MR) is 100 cm³/mol. The van der Waals surface area contributed by atoms with Gasteiger partial charge in [0.15, 0.2) is 0 Å². The van der Waals surface area contributed by atoms with E-state index in [1.165, 1.54) is 37.3 Å². The van der Waals surface area contributed by atoms with Crippen LogP contribution in [0.5, 0.6) is 0 Å². The predicted octanol–water partition coefficient (Wildman–Crippen LogP) is 3.66. The van der Waals surface area contributed by atoms with Gasteiger partial charge in [0.1, 0.15) is 0 Å². The molecular formula is C21H34N2O. The SMILES string of the molecule is Cc1ccc(C(C)(C)OCCC(C)(C)N2CC3(CN(C)C3)C2)cc1. The zero-order valence-corrected chi connectivity index (χ0v) is 16.4. The third-order valence-corrected chi connectivity index (χ3v) is 6.04. The fraction of sp³-hybridized carbons (Fsp3) is 0.714. The van der Waals surface area contributed by atoms with Gasteiger partial charge in [0.25, 0.3) is 0 Å². The van der Waals surface area contributed by atoms with Crippen LogP contribution in [0.15, 0.2) is 24.3 Å². The van der Waals surface area contributed by atoms with Crippen molar-refractivity contribution < 1.29 is 4.74 Å². The molecule has 1 spiro atoms. The maximum absolute atomic E-state index is 6.28. The van der Waals surface area contributed by atoms with Crippen LogP contribution in [0.2, 0.25) is 0 Å². The molecule has 0 aromatic heterocycles. The van der Waals surface area contributed by atoms with E-state index in [1.807, 2.05) is 0 Å². The van der Waals surface area contributed by atoms with Crippen molar-refractivity contribution in [1.29, 1.82) is 0 Å². The summed E-state index contributed by atoms with van der Waals surface area (Å²) in [6, 6.07) is 8.71. The molecule has 0 aliphatic carbocycles. The number of benzene rings is 1. The largest absolute Gasteiger partial charge is 0.371 e. The molecule has 3 nitrogen and oxygen atoms in total. The summed E-state index contributed by atoms with van der Waals surface area (Å²) in [4.78, 5) is 5.07. The highest BCUT2D eigenvalue weighted by molar-refractivity contribution is 5.25. The van der Waals surface area contributed by atoms with Crippen LogP contribution in [-0.4, -0.2) is 55.2 Å². The molecule has 24 heavy (non-hydrogen) atoms. The minimum absolute atomic E-state index is 0.225. The van der Waals surface area contributed by atoms with Crippen molar-refractivity contribution in [3.05, 3.63) is 35.4 Å². The van der Waals surface area contributed by atoms with Crippen molar-refractivity contribution in [3.63, 3.8) is 0 Å². The van der Waals surface area contributed by atoms with Crippen LogP contribution in [0.3, 0.4) is 0 Å². The highest BCUT2D eigenvalue weighted by Crippen LogP contribution is 2.43. The lowest BCUT2D eigenvalue weighted by molar-refractivity contribution is -0.147. The average Bonchev–Trinajstić information content (AvgIpc) is 2.41. The second-order valence-corrected chi connectivity index (χ2v) is 9.32. The molecule has 134 valence electrons. The highest BCUT2D eigenvalue weighted by atomic mass is 16.5. The number of hydrogen-bond acceptors (Lipinski definition) is 3. The van der Waals surface area contributed by atoms with Gasteiger partial charge in [-0.3, -0.25) is 4.90 Å². The van der Waals surface area contributed by atoms with Crippen LogP contribution >= 0.6 is 0 Å². The number of likely N-dealkylation sites (tertiary alicyclic amines) is 2. The lowest BCUT2D eigenvalue weighted by Crippen LogP contribution is -2.74. The molecule has 2 saturated heterocycles. The van der Waals surface area contributed by atoms with E-state index < -0.39 is 0 Å². The van der Waals surface area contributed by atoms with Crippen molar-refractivity contribution in [1.82, 2.24) is 9.80 Å². The van der Waals surface area contributed by atoms with Crippen molar-refractivity contribution in [2.75, 3.05) is 39.8 Å². The Balaban J connectivity index is 1.47. The van der Waals surface area contributed by atoms with Crippen molar-refractivity contribution >= 4 is 0 Å². The van der Waals surface area contributed by atoms with Gasteiger partial charge in [-0.05, 0) is 53.7 Å². The molecule has 2 aliphatic rings. The molecular weight excluding hydrogens is 296 g/mol. The van der Waals surface area contributed by atoms with Gasteiger partial charge < -0.3 is 9.64 Å². The summed E-state index contributed by atoms with van der Waals surface area (Å²) < 4.78 is 6.28. The first kappa shape index (κ1) is 17.9. The second-order valence-electron chi connectivity index (χ2n) is 9.32. The van der Waals surface area contributed by atoms with E-state index in [-0.39, 0.29) is 11.1 Å². The second kappa shape index (κ2) is 6.12. The Labute approximate surface area is 148 Å². The van der Waals surface area contributed by atoms with Crippen LogP contribution in [0.1, 0.15) is 45.2 Å². The number of ether oxygens (including phenoxy) is 1. The van der Waals surface area contributed by atoms with Gasteiger partial charge in [0, 0.05) is 43.7 Å². The minimum atomic E-state index is -0.226. The minimum Gasteiger partial charge on any atom is -0.371 e. The molecule has 0 atom stereocenters. The lowest BCUT2D eigenvalue weighted by Gasteiger charge is -2.63. The van der Waals surface area contributed by atoms with Crippen LogP contribution in [0.25, 0.3) is 0 Å². The molecule has 2 heterocycles. The Kier molecular flexibility index (Phi) is 4.57. The number of rotatable bonds is 6. The average molecular weight is 331 g/mol. The summed E-state index contributed by atoms with van der Waals surface area (Å²) in [7, 11) is 2.22. The summed E-state index contributed by atoms with van der Waals surface area (Å²) in [5.41, 5.74) is 3.16. The monoisotopic (exact) mass is 330 g/mol. The van der Waals surface area contributed by atoms with Gasteiger partial charge in [-0.1, -0.05) is 29.8 Å². The maximum Gasteiger partial charge on any atom is 0.0875 e. The first-order chi connectivity index (χ1) is 11.1. The van der Waals surface area contributed by atoms with Crippen LogP contribution in [0.4, 0.5) is 0 Å². The third kappa shape index (κ3) is 3.54. The number of hydrogen-bond donors (Lipinski definition) is 0. The molecule has 2 aliphatic heterocycles. The van der Waals surface area contributed by atoms with Crippen LogP contribution in [0, 0.1) is 12.3 Å². The molecule has 0 bridgehead atoms. The normalized spacial score (nSPS) is 21.6. The molecule has 1 aromatic rings. The maximum atomic E-state index is 6.28. The highest BCUT2D eigenvalue weighted by Gasteiger charge is 2.53. The molecule has 0 saturated carbocycles. The molecule has 3 heteroatoms. The Hall–Kier alpha value is -0.900. The van der Waals surface area contributed by atoms with Gasteiger partial charge in [-0.2, -0.15) is 0 Å². The first-order valence-electron chi connectivity index (χ1n) is 9.27. The van der Waals surface area contributed by atoms with Crippen LogP contribution < -0.4 is 0 Å². The molecule has 0 amide bonds. The van der Waals surface area contributed by atoms with Crippen molar-refractivity contribution in [2.24, 2.45) is 5.41 Å². The standard InChI is InChI=1S/C21H34N2O/c1-17-7-9-18(10-8-17)20(4,5)24-12-11-19(2,3)23-15-21(16-23)13-22(6)14-21/h7-10H,11-16H2,1-6H3. The Morgan fingerprint density at radius 3 is 2.12 bits per heavy atom. The molecule has 1 aromatic carbocycles. The molecule has 0 unspecified atom stereocenters. The van der Waals surface area contributed by atoms with E-state index in [0.29, 0.717) is 5.41 Å². The molecule has 2 fully saturated rings. The quantitative estimate of drug-likeness (QED) is 0.791. The lowest BCUT2D eigenvalue weighted by atomic mass is 9.71. The smallest absolute Gasteiger partial charge is 0.0875 e. The van der Waals surface area contributed by atoms with Crippen LogP contribution in [-0.2, 0) is 10.3 Å². The van der Waals surface area contributed by atoms with Gasteiger partial charge in [-0.25, -0.2) is 0 Å². The Morgan fingerprint density at radius 1 is 1.00 bits per heavy atom. The fourth-order valence-electron chi connectivity index (χ4n) is 4.24. The van der Waals surface area contributed by atoms with E-state index in [2.05, 4.69) is 75.7 Å². The van der Waals surface area contributed by atoms with Gasteiger partial charge in [-0.15, -0.1) is 0 Å². The van der Waals surface area contributed by atoms with Crippen molar-refractivity contribution in [3.8, 4) is 0 Å². The topological polar surface area (TPSA) is 15.7 Å². The summed E-state index contributed by atoms with van der Waals surface area (Å²) in [5.74, 6) is 0. The van der Waals surface area contributed by atoms with E-state index >= 15 is 0 Å². The van der Waals surface area contributed by atoms with Gasteiger partial charge in [0.05, 0.1) is 5.60 Å². The summed E-state index contributed by atoms with van der Waals surface area (Å²) >= 11 is 0. The first-order valence-corrected chi connectivity index (χ1v) is 9.27. The molecule has 0 N–H and O–H groups in total. The fourth-order valence-corrected chi connectivity index (χ4v) is 4.24. The van der Waals surface area contributed by atoms with E-state index in [0.717, 1.165) is 13.0 Å². The zero-order chi connectivity index (χ0) is 17.6. The summed E-state index contributed by atoms with van der Waals surface area (Å²) in [5, 5.41) is 0. The van der Waals surface area contributed by atoms with E-state index in [9.17, 15) is 0 Å². The number of nitrogens with zero attached hydrogens (tertiary/aromatic N) is 2. The third-order valence-electron chi connectivity index (χ3n) is 6.04. The Bertz CT molecular complexity index is 562. The van der Waals surface area contributed by atoms with E-state index in [1.54, 1.807) is 0 Å². The number of aryl methyl sites for hydroxylation is 1. The van der Waals surface area contributed by atoms with Gasteiger partial charge >= 0.3 is 0 Å². The molecule has 0 radical (unpaired) electrons. The van der Waals surface area contributed by atoms with Crippen molar-refractivity contribution in [2.45, 2.75) is 52.2 Å². The van der Waals surface area contributed by atoms with E-state index in [4.69, 9.17) is 4.74 Å². The summed E-state index contributed by atoms with van der Waals surface area (Å²) in [6.45, 7) is 17.1.